The Bertz CT molecular complexity index is 509. The number of rotatable bonds is 12. The first-order valence-electron chi connectivity index (χ1n) is 7.02. The van der Waals surface area contributed by atoms with Crippen LogP contribution in [0.1, 0.15) is 6.42 Å². The van der Waals surface area contributed by atoms with Gasteiger partial charge in [-0.3, -0.25) is 8.94 Å². The Balaban J connectivity index is 4.97. The third-order valence-corrected chi connectivity index (χ3v) is 4.01. The largest absolute Gasteiger partial charge is 0.285 e. The van der Waals surface area contributed by atoms with Crippen molar-refractivity contribution in [1.29, 1.82) is 0 Å². The molecule has 0 fully saturated rings. The van der Waals surface area contributed by atoms with Crippen LogP contribution in [-0.4, -0.2) is 80.9 Å². The van der Waals surface area contributed by atoms with E-state index in [1.807, 2.05) is 0 Å². The molecule has 0 aliphatic carbocycles. The molecule has 0 aliphatic rings. The van der Waals surface area contributed by atoms with Crippen molar-refractivity contribution in [3.05, 3.63) is 0 Å². The predicted octanol–water partition coefficient (Wildman–Crippen LogP) is 3.28. The van der Waals surface area contributed by atoms with Crippen LogP contribution in [0.2, 0.25) is 0 Å². The van der Waals surface area contributed by atoms with Crippen molar-refractivity contribution < 1.29 is 56.9 Å². The molecule has 0 aromatic carbocycles. The van der Waals surface area contributed by atoms with Crippen LogP contribution in [0.25, 0.3) is 0 Å². The van der Waals surface area contributed by atoms with Crippen LogP contribution < -0.4 is 0 Å². The smallest absolute Gasteiger partial charge is 0.267 e. The summed E-state index contributed by atoms with van der Waals surface area (Å²) >= 11 is 0. The van der Waals surface area contributed by atoms with E-state index in [2.05, 4.69) is 0 Å². The summed E-state index contributed by atoms with van der Waals surface area (Å²) in [4.78, 5) is 0. The summed E-state index contributed by atoms with van der Waals surface area (Å²) in [5.74, 6) is -2.03. The Morgan fingerprint density at radius 1 is 0.615 bits per heavy atom. The molecule has 3 nitrogen and oxygen atoms in total. The maximum absolute atomic E-state index is 13.4. The third kappa shape index (κ3) is 7.45. The van der Waals surface area contributed by atoms with Gasteiger partial charge in [-0.05, 0) is 0 Å². The molecule has 9 atom stereocenters. The van der Waals surface area contributed by atoms with Crippen molar-refractivity contribution in [3.63, 3.8) is 0 Å². The summed E-state index contributed by atoms with van der Waals surface area (Å²) in [6.07, 6.45) is -33.9. The molecule has 1 N–H and O–H groups in total. The maximum atomic E-state index is 13.4. The van der Waals surface area contributed by atoms with E-state index in [-0.39, 0.29) is 0 Å². The standard InChI is InChI=1S/C12H16F10O3S/c13-2-1-4(14)6(16)8(18)10(20)12(22)11(21)9(19)7(17)5(15)3-26(23,24)25/h4-12H,1-3H2,(H,23,24,25). The van der Waals surface area contributed by atoms with Crippen LogP contribution in [0.15, 0.2) is 0 Å². The zero-order valence-electron chi connectivity index (χ0n) is 12.8. The number of alkyl halides is 10. The molecule has 0 rings (SSSR count). The Morgan fingerprint density at radius 3 is 1.23 bits per heavy atom. The summed E-state index contributed by atoms with van der Waals surface area (Å²) in [5.41, 5.74) is 0. The first-order chi connectivity index (χ1) is 11.7. The van der Waals surface area contributed by atoms with Gasteiger partial charge in [-0.2, -0.15) is 8.42 Å². The van der Waals surface area contributed by atoms with Crippen molar-refractivity contribution in [2.75, 3.05) is 12.4 Å². The number of hydrogen-bond donors (Lipinski definition) is 1. The molecule has 0 radical (unpaired) electrons. The molecule has 0 bridgehead atoms. The molecule has 0 saturated heterocycles. The first-order valence-corrected chi connectivity index (χ1v) is 8.63. The van der Waals surface area contributed by atoms with Gasteiger partial charge >= 0.3 is 0 Å². The topological polar surface area (TPSA) is 54.4 Å². The SMILES string of the molecule is O=S(=O)(O)CC(F)C(F)C(F)C(F)C(F)C(F)C(F)C(F)C(F)CCF. The van der Waals surface area contributed by atoms with Crippen molar-refractivity contribution in [2.24, 2.45) is 0 Å². The van der Waals surface area contributed by atoms with Crippen molar-refractivity contribution in [3.8, 4) is 0 Å². The molecular weight excluding hydrogens is 414 g/mol. The second-order valence-corrected chi connectivity index (χ2v) is 6.87. The Kier molecular flexibility index (Phi) is 10.2. The lowest BCUT2D eigenvalue weighted by Gasteiger charge is -2.26. The highest BCUT2D eigenvalue weighted by Gasteiger charge is 2.48. The zero-order valence-corrected chi connectivity index (χ0v) is 13.6. The van der Waals surface area contributed by atoms with Crippen LogP contribution in [0.4, 0.5) is 43.9 Å². The van der Waals surface area contributed by atoms with Crippen LogP contribution in [0.3, 0.4) is 0 Å². The monoisotopic (exact) mass is 430 g/mol. The fraction of sp³-hybridized carbons (Fsp3) is 1.00. The van der Waals surface area contributed by atoms with Gasteiger partial charge in [0.25, 0.3) is 10.1 Å². The minimum Gasteiger partial charge on any atom is -0.285 e. The molecule has 0 saturated carbocycles. The van der Waals surface area contributed by atoms with Gasteiger partial charge in [0.2, 0.25) is 0 Å². The van der Waals surface area contributed by atoms with Gasteiger partial charge in [-0.1, -0.05) is 0 Å². The van der Waals surface area contributed by atoms with E-state index in [9.17, 15) is 52.3 Å². The van der Waals surface area contributed by atoms with Gasteiger partial charge in [-0.25, -0.2) is 39.5 Å². The molecule has 0 aromatic rings. The Hall–Kier alpha value is -0.790. The van der Waals surface area contributed by atoms with Crippen LogP contribution in [-0.2, 0) is 10.1 Å². The van der Waals surface area contributed by atoms with E-state index in [1.165, 1.54) is 0 Å². The second-order valence-electron chi connectivity index (χ2n) is 5.37. The molecule has 26 heavy (non-hydrogen) atoms. The minimum absolute atomic E-state index is 1.22. The second kappa shape index (κ2) is 10.5. The van der Waals surface area contributed by atoms with Crippen LogP contribution in [0.5, 0.6) is 0 Å². The van der Waals surface area contributed by atoms with E-state index in [1.54, 1.807) is 0 Å². The van der Waals surface area contributed by atoms with Crippen LogP contribution >= 0.6 is 0 Å². The highest BCUT2D eigenvalue weighted by molar-refractivity contribution is 7.85. The van der Waals surface area contributed by atoms with Crippen molar-refractivity contribution in [2.45, 2.75) is 62.0 Å². The minimum atomic E-state index is -5.16. The van der Waals surface area contributed by atoms with Crippen molar-refractivity contribution >= 4 is 10.1 Å². The van der Waals surface area contributed by atoms with Gasteiger partial charge in [0.15, 0.2) is 49.4 Å². The summed E-state index contributed by atoms with van der Waals surface area (Å²) in [7, 11) is -5.16. The average Bonchev–Trinajstić information content (AvgIpc) is 2.55. The zero-order chi connectivity index (χ0) is 20.8. The normalized spacial score (nSPS) is 23.3. The van der Waals surface area contributed by atoms with E-state index in [0.717, 1.165) is 0 Å². The maximum Gasteiger partial charge on any atom is 0.267 e. The highest BCUT2D eigenvalue weighted by Crippen LogP contribution is 2.29. The fourth-order valence-corrected chi connectivity index (χ4v) is 2.42. The molecule has 0 aromatic heterocycles. The van der Waals surface area contributed by atoms with Crippen molar-refractivity contribution in [1.82, 2.24) is 0 Å². The third-order valence-electron chi connectivity index (χ3n) is 3.27. The summed E-state index contributed by atoms with van der Waals surface area (Å²) in [6, 6.07) is 0. The lowest BCUT2D eigenvalue weighted by molar-refractivity contribution is -0.0536. The van der Waals surface area contributed by atoms with Gasteiger partial charge in [-0.15, -0.1) is 0 Å². The summed E-state index contributed by atoms with van der Waals surface area (Å²) in [6.45, 7) is -1.47. The molecular formula is C12H16F10O3S. The Labute approximate surface area is 142 Å². The van der Waals surface area contributed by atoms with Gasteiger partial charge in [0.1, 0.15) is 11.9 Å². The number of hydrogen-bond acceptors (Lipinski definition) is 2. The summed E-state index contributed by atoms with van der Waals surface area (Å²) < 4.78 is 160. The van der Waals surface area contributed by atoms with Gasteiger partial charge in [0.05, 0.1) is 6.67 Å². The number of halogens is 10. The van der Waals surface area contributed by atoms with Gasteiger partial charge in [0, 0.05) is 6.42 Å². The lowest BCUT2D eigenvalue weighted by atomic mass is 9.96. The van der Waals surface area contributed by atoms with E-state index in [0.29, 0.717) is 0 Å². The molecule has 9 unspecified atom stereocenters. The first kappa shape index (κ1) is 25.2. The molecule has 158 valence electrons. The summed E-state index contributed by atoms with van der Waals surface area (Å²) in [5, 5.41) is 0. The van der Waals surface area contributed by atoms with Gasteiger partial charge < -0.3 is 0 Å². The van der Waals surface area contributed by atoms with E-state index >= 15 is 0 Å². The van der Waals surface area contributed by atoms with Crippen LogP contribution in [0, 0.1) is 0 Å². The average molecular weight is 430 g/mol. The molecule has 14 heteroatoms. The Morgan fingerprint density at radius 2 is 0.923 bits per heavy atom. The molecule has 0 spiro atoms. The fourth-order valence-electron chi connectivity index (χ4n) is 1.83. The quantitative estimate of drug-likeness (QED) is 0.382. The molecule has 0 aliphatic heterocycles. The lowest BCUT2D eigenvalue weighted by Crippen LogP contribution is -2.48. The highest BCUT2D eigenvalue weighted by atomic mass is 32.2. The van der Waals surface area contributed by atoms with E-state index < -0.39 is 84.5 Å². The molecule has 0 heterocycles. The molecule has 0 amide bonds. The predicted molar refractivity (Wildman–Crippen MR) is 71.1 cm³/mol. The van der Waals surface area contributed by atoms with E-state index in [4.69, 9.17) is 4.55 Å².